The molecular formula is C22H27N3O3. The van der Waals surface area contributed by atoms with Gasteiger partial charge in [0.15, 0.2) is 0 Å². The number of morpholine rings is 1. The summed E-state index contributed by atoms with van der Waals surface area (Å²) in [4.78, 5) is 17.3. The van der Waals surface area contributed by atoms with E-state index in [1.807, 2.05) is 30.3 Å². The van der Waals surface area contributed by atoms with Crippen LogP contribution in [-0.2, 0) is 16.0 Å². The third-order valence-electron chi connectivity index (χ3n) is 5.36. The summed E-state index contributed by atoms with van der Waals surface area (Å²) in [6, 6.07) is 14.1. The topological polar surface area (TPSA) is 54.0 Å². The molecule has 0 saturated carbocycles. The van der Waals surface area contributed by atoms with Crippen molar-refractivity contribution in [2.45, 2.75) is 12.8 Å². The van der Waals surface area contributed by atoms with Crippen LogP contribution in [0.3, 0.4) is 0 Å². The van der Waals surface area contributed by atoms with Gasteiger partial charge in [0, 0.05) is 19.6 Å². The highest BCUT2D eigenvalue weighted by atomic mass is 16.5. The second-order valence-corrected chi connectivity index (χ2v) is 7.16. The SMILES string of the molecule is COc1cccc2c1N(CC(=O)Nc1ccccc1N1CCOCC1)CCC2. The number of nitrogens with one attached hydrogen (secondary N) is 1. The van der Waals surface area contributed by atoms with Crippen LogP contribution in [0.1, 0.15) is 12.0 Å². The Morgan fingerprint density at radius 1 is 1.11 bits per heavy atom. The third-order valence-corrected chi connectivity index (χ3v) is 5.36. The minimum atomic E-state index is -0.0144. The van der Waals surface area contributed by atoms with Gasteiger partial charge in [0.25, 0.3) is 0 Å². The van der Waals surface area contributed by atoms with Crippen LogP contribution in [0.5, 0.6) is 5.75 Å². The number of aryl methyl sites for hydroxylation is 1. The van der Waals surface area contributed by atoms with Crippen LogP contribution in [0.15, 0.2) is 42.5 Å². The molecular weight excluding hydrogens is 354 g/mol. The van der Waals surface area contributed by atoms with Crippen molar-refractivity contribution in [1.82, 2.24) is 0 Å². The van der Waals surface area contributed by atoms with E-state index < -0.39 is 0 Å². The molecule has 6 nitrogen and oxygen atoms in total. The molecule has 0 atom stereocenters. The fourth-order valence-electron chi connectivity index (χ4n) is 4.05. The average molecular weight is 381 g/mol. The van der Waals surface area contributed by atoms with Gasteiger partial charge in [-0.25, -0.2) is 0 Å². The van der Waals surface area contributed by atoms with E-state index in [2.05, 4.69) is 27.2 Å². The Bertz CT molecular complexity index is 819. The number of carbonyl (C=O) groups excluding carboxylic acids is 1. The highest BCUT2D eigenvalue weighted by Crippen LogP contribution is 2.36. The Morgan fingerprint density at radius 3 is 2.75 bits per heavy atom. The molecule has 2 aromatic rings. The first-order valence-electron chi connectivity index (χ1n) is 9.88. The maximum atomic E-state index is 12.9. The lowest BCUT2D eigenvalue weighted by Gasteiger charge is -2.33. The van der Waals surface area contributed by atoms with Crippen molar-refractivity contribution in [1.29, 1.82) is 0 Å². The smallest absolute Gasteiger partial charge is 0.243 e. The highest BCUT2D eigenvalue weighted by molar-refractivity contribution is 5.97. The molecule has 0 radical (unpaired) electrons. The Labute approximate surface area is 166 Å². The first kappa shape index (κ1) is 18.6. The summed E-state index contributed by atoms with van der Waals surface area (Å²) < 4.78 is 11.0. The van der Waals surface area contributed by atoms with Crippen LogP contribution in [0, 0.1) is 0 Å². The van der Waals surface area contributed by atoms with E-state index in [9.17, 15) is 4.79 Å². The van der Waals surface area contributed by atoms with Crippen molar-refractivity contribution in [3.8, 4) is 5.75 Å². The molecule has 0 unspecified atom stereocenters. The number of hydrogen-bond donors (Lipinski definition) is 1. The molecule has 0 spiro atoms. The van der Waals surface area contributed by atoms with E-state index in [1.165, 1.54) is 5.56 Å². The molecule has 2 aliphatic heterocycles. The number of carbonyl (C=O) groups is 1. The number of hydrogen-bond acceptors (Lipinski definition) is 5. The molecule has 2 aliphatic rings. The number of amides is 1. The second kappa shape index (κ2) is 8.52. The van der Waals surface area contributed by atoms with Crippen LogP contribution in [-0.4, -0.2) is 52.4 Å². The lowest BCUT2D eigenvalue weighted by atomic mass is 10.0. The van der Waals surface area contributed by atoms with E-state index >= 15 is 0 Å². The average Bonchev–Trinajstić information content (AvgIpc) is 2.74. The number of para-hydroxylation sites is 3. The standard InChI is InChI=1S/C22H27N3O3/c1-27-20-10-4-6-17-7-5-11-25(22(17)20)16-21(26)23-18-8-2-3-9-19(18)24-12-14-28-15-13-24/h2-4,6,8-10H,5,7,11-16H2,1H3,(H,23,26). The van der Waals surface area contributed by atoms with Gasteiger partial charge in [-0.1, -0.05) is 24.3 Å². The molecule has 4 rings (SSSR count). The third kappa shape index (κ3) is 3.92. The Balaban J connectivity index is 1.50. The van der Waals surface area contributed by atoms with E-state index in [-0.39, 0.29) is 5.91 Å². The summed E-state index contributed by atoms with van der Waals surface area (Å²) in [5.41, 5.74) is 4.20. The molecule has 28 heavy (non-hydrogen) atoms. The maximum absolute atomic E-state index is 12.9. The van der Waals surface area contributed by atoms with E-state index in [1.54, 1.807) is 7.11 Å². The largest absolute Gasteiger partial charge is 0.495 e. The number of rotatable bonds is 5. The zero-order chi connectivity index (χ0) is 19.3. The van der Waals surface area contributed by atoms with Crippen LogP contribution >= 0.6 is 0 Å². The van der Waals surface area contributed by atoms with Gasteiger partial charge in [0.2, 0.25) is 5.91 Å². The fourth-order valence-corrected chi connectivity index (χ4v) is 4.05. The predicted octanol–water partition coefficient (Wildman–Crippen LogP) is 2.92. The molecule has 1 amide bonds. The Hall–Kier alpha value is -2.73. The summed E-state index contributed by atoms with van der Waals surface area (Å²) >= 11 is 0. The number of benzene rings is 2. The molecule has 2 heterocycles. The Kier molecular flexibility index (Phi) is 5.67. The highest BCUT2D eigenvalue weighted by Gasteiger charge is 2.23. The zero-order valence-electron chi connectivity index (χ0n) is 16.3. The molecule has 1 N–H and O–H groups in total. The molecule has 0 aromatic heterocycles. The number of anilines is 3. The molecule has 6 heteroatoms. The van der Waals surface area contributed by atoms with Gasteiger partial charge in [0.1, 0.15) is 5.75 Å². The van der Waals surface area contributed by atoms with Crippen molar-refractivity contribution in [2.24, 2.45) is 0 Å². The summed E-state index contributed by atoms with van der Waals surface area (Å²) in [6.45, 7) is 4.27. The van der Waals surface area contributed by atoms with Crippen LogP contribution in [0.25, 0.3) is 0 Å². The zero-order valence-corrected chi connectivity index (χ0v) is 16.3. The molecule has 2 aromatic carbocycles. The molecule has 1 saturated heterocycles. The van der Waals surface area contributed by atoms with Crippen LogP contribution < -0.4 is 19.9 Å². The van der Waals surface area contributed by atoms with Crippen LogP contribution in [0.2, 0.25) is 0 Å². The predicted molar refractivity (Wildman–Crippen MR) is 112 cm³/mol. The van der Waals surface area contributed by atoms with Crippen molar-refractivity contribution in [2.75, 3.05) is 61.6 Å². The monoisotopic (exact) mass is 381 g/mol. The van der Waals surface area contributed by atoms with Crippen molar-refractivity contribution >= 4 is 23.0 Å². The van der Waals surface area contributed by atoms with Crippen molar-refractivity contribution < 1.29 is 14.3 Å². The van der Waals surface area contributed by atoms with Gasteiger partial charge >= 0.3 is 0 Å². The lowest BCUT2D eigenvalue weighted by Crippen LogP contribution is -2.38. The van der Waals surface area contributed by atoms with E-state index in [0.717, 1.165) is 55.3 Å². The Morgan fingerprint density at radius 2 is 1.93 bits per heavy atom. The minimum Gasteiger partial charge on any atom is -0.495 e. The number of nitrogens with zero attached hydrogens (tertiary/aromatic N) is 2. The van der Waals surface area contributed by atoms with E-state index in [0.29, 0.717) is 19.8 Å². The number of ether oxygens (including phenoxy) is 2. The molecule has 148 valence electrons. The molecule has 0 aliphatic carbocycles. The van der Waals surface area contributed by atoms with Crippen LogP contribution in [0.4, 0.5) is 17.1 Å². The lowest BCUT2D eigenvalue weighted by molar-refractivity contribution is -0.115. The van der Waals surface area contributed by atoms with Gasteiger partial charge in [0.05, 0.1) is 43.9 Å². The number of methoxy groups -OCH3 is 1. The minimum absolute atomic E-state index is 0.0144. The van der Waals surface area contributed by atoms with Gasteiger partial charge in [-0.2, -0.15) is 0 Å². The van der Waals surface area contributed by atoms with Gasteiger partial charge < -0.3 is 24.6 Å². The van der Waals surface area contributed by atoms with E-state index in [4.69, 9.17) is 9.47 Å². The first-order valence-corrected chi connectivity index (χ1v) is 9.88. The van der Waals surface area contributed by atoms with Gasteiger partial charge in [-0.05, 0) is 36.6 Å². The second-order valence-electron chi connectivity index (χ2n) is 7.16. The number of fused-ring (bicyclic) bond motifs is 1. The summed E-state index contributed by atoms with van der Waals surface area (Å²) in [5, 5.41) is 3.12. The van der Waals surface area contributed by atoms with Gasteiger partial charge in [-0.3, -0.25) is 4.79 Å². The van der Waals surface area contributed by atoms with Crippen molar-refractivity contribution in [3.63, 3.8) is 0 Å². The maximum Gasteiger partial charge on any atom is 0.243 e. The quantitative estimate of drug-likeness (QED) is 0.863. The first-order chi connectivity index (χ1) is 13.8. The summed E-state index contributed by atoms with van der Waals surface area (Å²) in [5.74, 6) is 0.818. The molecule has 0 bridgehead atoms. The summed E-state index contributed by atoms with van der Waals surface area (Å²) in [7, 11) is 1.68. The molecule has 1 fully saturated rings. The van der Waals surface area contributed by atoms with Crippen molar-refractivity contribution in [3.05, 3.63) is 48.0 Å². The fraction of sp³-hybridized carbons (Fsp3) is 0.409. The summed E-state index contributed by atoms with van der Waals surface area (Å²) in [6.07, 6.45) is 2.06. The van der Waals surface area contributed by atoms with Gasteiger partial charge in [-0.15, -0.1) is 0 Å². The normalized spacial score (nSPS) is 16.5.